The zero-order chi connectivity index (χ0) is 12.4. The fraction of sp³-hybridized carbons (Fsp3) is 0.357. The van der Waals surface area contributed by atoms with Crippen LogP contribution in [0, 0.1) is 0 Å². The molecule has 0 fully saturated rings. The molecule has 0 aliphatic carbocycles. The molecule has 0 saturated heterocycles. The summed E-state index contributed by atoms with van der Waals surface area (Å²) in [6, 6.07) is 7.59. The predicted molar refractivity (Wildman–Crippen MR) is 68.1 cm³/mol. The van der Waals surface area contributed by atoms with E-state index in [4.69, 9.17) is 4.74 Å². The van der Waals surface area contributed by atoms with E-state index < -0.39 is 6.10 Å². The van der Waals surface area contributed by atoms with Gasteiger partial charge in [-0.05, 0) is 38.5 Å². The van der Waals surface area contributed by atoms with Gasteiger partial charge in [0.15, 0.2) is 0 Å². The highest BCUT2D eigenvalue weighted by Crippen LogP contribution is 2.30. The fourth-order valence-corrected chi connectivity index (χ4v) is 1.88. The highest BCUT2D eigenvalue weighted by atomic mass is 16.5. The van der Waals surface area contributed by atoms with Crippen LogP contribution in [0.3, 0.4) is 0 Å². The normalized spacial score (nSPS) is 13.0. The van der Waals surface area contributed by atoms with Crippen LogP contribution in [0.1, 0.15) is 32.4 Å². The second kappa shape index (κ2) is 4.72. The van der Waals surface area contributed by atoms with Gasteiger partial charge < -0.3 is 9.84 Å². The molecule has 1 N–H and O–H groups in total. The highest BCUT2D eigenvalue weighted by Gasteiger charge is 2.11. The molecule has 2 rings (SSSR count). The van der Waals surface area contributed by atoms with Crippen molar-refractivity contribution >= 4 is 10.9 Å². The van der Waals surface area contributed by atoms with E-state index in [-0.39, 0.29) is 6.10 Å². The van der Waals surface area contributed by atoms with Crippen LogP contribution in [-0.2, 0) is 0 Å². The minimum absolute atomic E-state index is 0.109. The van der Waals surface area contributed by atoms with Crippen LogP contribution in [0.5, 0.6) is 5.75 Å². The van der Waals surface area contributed by atoms with Crippen LogP contribution in [0.2, 0.25) is 0 Å². The summed E-state index contributed by atoms with van der Waals surface area (Å²) in [5.41, 5.74) is 1.68. The summed E-state index contributed by atoms with van der Waals surface area (Å²) in [7, 11) is 0. The van der Waals surface area contributed by atoms with Crippen LogP contribution in [0.25, 0.3) is 10.9 Å². The predicted octanol–water partition coefficient (Wildman–Crippen LogP) is 3.08. The lowest BCUT2D eigenvalue weighted by molar-refractivity contribution is 0.200. The number of benzene rings is 1. The number of fused-ring (bicyclic) bond motifs is 1. The molecule has 90 valence electrons. The van der Waals surface area contributed by atoms with Crippen molar-refractivity contribution < 1.29 is 9.84 Å². The van der Waals surface area contributed by atoms with Crippen LogP contribution in [0.15, 0.2) is 30.5 Å². The smallest absolute Gasteiger partial charge is 0.145 e. The van der Waals surface area contributed by atoms with Crippen LogP contribution < -0.4 is 4.74 Å². The molecule has 1 unspecified atom stereocenters. The summed E-state index contributed by atoms with van der Waals surface area (Å²) in [6.45, 7) is 5.72. The van der Waals surface area contributed by atoms with E-state index >= 15 is 0 Å². The third-order valence-corrected chi connectivity index (χ3v) is 2.58. The first kappa shape index (κ1) is 11.9. The maximum atomic E-state index is 9.73. The molecule has 1 aromatic heterocycles. The summed E-state index contributed by atoms with van der Waals surface area (Å²) in [5, 5.41) is 10.7. The van der Waals surface area contributed by atoms with Gasteiger partial charge in [-0.1, -0.05) is 12.1 Å². The monoisotopic (exact) mass is 231 g/mol. The van der Waals surface area contributed by atoms with E-state index in [1.54, 1.807) is 13.1 Å². The molecule has 0 amide bonds. The van der Waals surface area contributed by atoms with Gasteiger partial charge in [0.25, 0.3) is 0 Å². The molecule has 3 nitrogen and oxygen atoms in total. The molecule has 0 aliphatic rings. The number of aromatic nitrogens is 1. The zero-order valence-corrected chi connectivity index (χ0v) is 10.3. The van der Waals surface area contributed by atoms with Crippen LogP contribution >= 0.6 is 0 Å². The molecular formula is C14H17NO2. The van der Waals surface area contributed by atoms with Gasteiger partial charge in [-0.25, -0.2) is 0 Å². The Balaban J connectivity index is 2.62. The van der Waals surface area contributed by atoms with Crippen molar-refractivity contribution in [2.24, 2.45) is 0 Å². The van der Waals surface area contributed by atoms with Gasteiger partial charge in [0, 0.05) is 11.6 Å². The van der Waals surface area contributed by atoms with E-state index in [0.29, 0.717) is 0 Å². The lowest BCUT2D eigenvalue weighted by Gasteiger charge is -2.14. The SMILES string of the molecule is CC(C)Oc1ccc(C(C)O)c2cccnc12. The van der Waals surface area contributed by atoms with Gasteiger partial charge in [-0.15, -0.1) is 0 Å². The number of nitrogens with zero attached hydrogens (tertiary/aromatic N) is 1. The molecule has 17 heavy (non-hydrogen) atoms. The molecule has 1 aromatic carbocycles. The van der Waals surface area contributed by atoms with Gasteiger partial charge in [0.05, 0.1) is 12.2 Å². The number of hydrogen-bond acceptors (Lipinski definition) is 3. The molecule has 0 bridgehead atoms. The van der Waals surface area contributed by atoms with Gasteiger partial charge in [-0.3, -0.25) is 4.98 Å². The van der Waals surface area contributed by atoms with Crippen molar-refractivity contribution in [2.75, 3.05) is 0 Å². The van der Waals surface area contributed by atoms with Gasteiger partial charge in [-0.2, -0.15) is 0 Å². The summed E-state index contributed by atoms with van der Waals surface area (Å²) < 4.78 is 5.72. The Morgan fingerprint density at radius 2 is 1.94 bits per heavy atom. The molecule has 2 aromatic rings. The van der Waals surface area contributed by atoms with E-state index in [1.165, 1.54) is 0 Å². The Hall–Kier alpha value is -1.61. The zero-order valence-electron chi connectivity index (χ0n) is 10.3. The summed E-state index contributed by atoms with van der Waals surface area (Å²) in [6.07, 6.45) is 1.34. The summed E-state index contributed by atoms with van der Waals surface area (Å²) >= 11 is 0. The Morgan fingerprint density at radius 3 is 2.59 bits per heavy atom. The van der Waals surface area contributed by atoms with Crippen molar-refractivity contribution in [1.29, 1.82) is 0 Å². The minimum atomic E-state index is -0.505. The van der Waals surface area contributed by atoms with Crippen molar-refractivity contribution in [3.05, 3.63) is 36.0 Å². The highest BCUT2D eigenvalue weighted by molar-refractivity contribution is 5.87. The first-order chi connectivity index (χ1) is 8.09. The van der Waals surface area contributed by atoms with Gasteiger partial charge >= 0.3 is 0 Å². The minimum Gasteiger partial charge on any atom is -0.489 e. The number of aliphatic hydroxyl groups is 1. The molecule has 0 spiro atoms. The Labute approximate surface area is 101 Å². The molecule has 0 radical (unpaired) electrons. The lowest BCUT2D eigenvalue weighted by atomic mass is 10.0. The van der Waals surface area contributed by atoms with Crippen molar-refractivity contribution in [3.63, 3.8) is 0 Å². The molecule has 3 heteroatoms. The Kier molecular flexibility index (Phi) is 3.29. The number of rotatable bonds is 3. The van der Waals surface area contributed by atoms with E-state index in [2.05, 4.69) is 4.98 Å². The second-order valence-corrected chi connectivity index (χ2v) is 4.40. The van der Waals surface area contributed by atoms with Gasteiger partial charge in [0.1, 0.15) is 11.3 Å². The van der Waals surface area contributed by atoms with E-state index in [9.17, 15) is 5.11 Å². The third kappa shape index (κ3) is 2.39. The molecular weight excluding hydrogens is 214 g/mol. The largest absolute Gasteiger partial charge is 0.489 e. The summed E-state index contributed by atoms with van der Waals surface area (Å²) in [5.74, 6) is 0.764. The molecule has 0 aliphatic heterocycles. The first-order valence-electron chi connectivity index (χ1n) is 5.82. The number of aliphatic hydroxyl groups excluding tert-OH is 1. The van der Waals surface area contributed by atoms with E-state index in [1.807, 2.05) is 38.1 Å². The van der Waals surface area contributed by atoms with Crippen molar-refractivity contribution in [3.8, 4) is 5.75 Å². The van der Waals surface area contributed by atoms with Crippen molar-refractivity contribution in [1.82, 2.24) is 4.98 Å². The fourth-order valence-electron chi connectivity index (χ4n) is 1.88. The number of hydrogen-bond donors (Lipinski definition) is 1. The van der Waals surface area contributed by atoms with Crippen LogP contribution in [0.4, 0.5) is 0 Å². The van der Waals surface area contributed by atoms with Crippen LogP contribution in [-0.4, -0.2) is 16.2 Å². The lowest BCUT2D eigenvalue weighted by Crippen LogP contribution is -2.07. The Bertz CT molecular complexity index is 521. The van der Waals surface area contributed by atoms with E-state index in [0.717, 1.165) is 22.2 Å². The first-order valence-corrected chi connectivity index (χ1v) is 5.82. The molecule has 1 atom stereocenters. The quantitative estimate of drug-likeness (QED) is 0.882. The second-order valence-electron chi connectivity index (χ2n) is 4.40. The topological polar surface area (TPSA) is 42.4 Å². The average Bonchev–Trinajstić information content (AvgIpc) is 2.28. The molecule has 1 heterocycles. The van der Waals surface area contributed by atoms with Crippen molar-refractivity contribution in [2.45, 2.75) is 33.0 Å². The number of pyridine rings is 1. The Morgan fingerprint density at radius 1 is 1.18 bits per heavy atom. The molecule has 0 saturated carbocycles. The third-order valence-electron chi connectivity index (χ3n) is 2.58. The van der Waals surface area contributed by atoms with Gasteiger partial charge in [0.2, 0.25) is 0 Å². The maximum absolute atomic E-state index is 9.73. The summed E-state index contributed by atoms with van der Waals surface area (Å²) in [4.78, 5) is 4.34. The maximum Gasteiger partial charge on any atom is 0.145 e. The standard InChI is InChI=1S/C14H17NO2/c1-9(2)17-13-7-6-11(10(3)16)12-5-4-8-15-14(12)13/h4-10,16H,1-3H3. The average molecular weight is 231 g/mol. The number of ether oxygens (including phenoxy) is 1.